The van der Waals surface area contributed by atoms with Gasteiger partial charge in [-0.15, -0.1) is 13.2 Å². The van der Waals surface area contributed by atoms with Gasteiger partial charge in [0, 0.05) is 12.2 Å². The van der Waals surface area contributed by atoms with Crippen molar-refractivity contribution in [2.24, 2.45) is 5.73 Å². The molecule has 26 heavy (non-hydrogen) atoms. The van der Waals surface area contributed by atoms with Gasteiger partial charge in [0.2, 0.25) is 0 Å². The number of hydrogen-bond acceptors (Lipinski definition) is 5. The molecule has 0 aliphatic carbocycles. The van der Waals surface area contributed by atoms with Crippen molar-refractivity contribution < 1.29 is 27.4 Å². The summed E-state index contributed by atoms with van der Waals surface area (Å²) in [5, 5.41) is -0.186. The Morgan fingerprint density at radius 2 is 2.12 bits per heavy atom. The number of benzene rings is 1. The summed E-state index contributed by atoms with van der Waals surface area (Å²) in [6, 6.07) is 3.96. The van der Waals surface area contributed by atoms with E-state index in [-0.39, 0.29) is 18.3 Å². The fraction of sp³-hybridized carbons (Fsp3) is 0.353. The van der Waals surface area contributed by atoms with Crippen molar-refractivity contribution >= 4 is 23.3 Å². The van der Waals surface area contributed by atoms with E-state index in [0.717, 1.165) is 24.5 Å². The van der Waals surface area contributed by atoms with Gasteiger partial charge in [-0.2, -0.15) is 0 Å². The minimum absolute atomic E-state index is 0.0342. The van der Waals surface area contributed by atoms with Gasteiger partial charge in [0.15, 0.2) is 6.73 Å². The largest absolute Gasteiger partial charge is 0.573 e. The first-order valence-corrected chi connectivity index (χ1v) is 8.13. The number of nitrogens with two attached hydrogens (primary N) is 1. The number of halogens is 4. The van der Waals surface area contributed by atoms with E-state index in [0.29, 0.717) is 17.8 Å². The minimum atomic E-state index is -4.83. The topological polar surface area (TPSA) is 64.8 Å². The SMILES string of the molecule is C=C1C=C(c2ccc(OC(F)(F)F)c(Cl)c2)N(COC(=O)CN)CCC1. The fourth-order valence-corrected chi connectivity index (χ4v) is 2.67. The van der Waals surface area contributed by atoms with E-state index < -0.39 is 18.1 Å². The zero-order valence-electron chi connectivity index (χ0n) is 13.8. The van der Waals surface area contributed by atoms with Crippen molar-refractivity contribution in [1.82, 2.24) is 4.90 Å². The first-order valence-electron chi connectivity index (χ1n) is 7.75. The van der Waals surface area contributed by atoms with Gasteiger partial charge in [0.1, 0.15) is 5.75 Å². The van der Waals surface area contributed by atoms with Crippen molar-refractivity contribution in [3.8, 4) is 5.75 Å². The molecule has 1 aliphatic rings. The molecule has 1 aromatic rings. The van der Waals surface area contributed by atoms with E-state index in [2.05, 4.69) is 11.3 Å². The van der Waals surface area contributed by atoms with Crippen LogP contribution in [0.1, 0.15) is 18.4 Å². The Balaban J connectivity index is 2.29. The van der Waals surface area contributed by atoms with Gasteiger partial charge in [-0.3, -0.25) is 4.79 Å². The first-order chi connectivity index (χ1) is 12.2. The molecule has 0 spiro atoms. The third kappa shape index (κ3) is 5.67. The summed E-state index contributed by atoms with van der Waals surface area (Å²) < 4.78 is 46.1. The lowest BCUT2D eigenvalue weighted by molar-refractivity contribution is -0.274. The maximum Gasteiger partial charge on any atom is 0.573 e. The minimum Gasteiger partial charge on any atom is -0.443 e. The van der Waals surface area contributed by atoms with Gasteiger partial charge in [0.05, 0.1) is 11.6 Å². The van der Waals surface area contributed by atoms with Gasteiger partial charge >= 0.3 is 12.3 Å². The maximum atomic E-state index is 12.4. The third-order valence-corrected chi connectivity index (χ3v) is 3.90. The second-order valence-corrected chi connectivity index (χ2v) is 6.00. The monoisotopic (exact) mass is 390 g/mol. The molecule has 0 unspecified atom stereocenters. The highest BCUT2D eigenvalue weighted by Crippen LogP contribution is 2.34. The Kier molecular flexibility index (Phi) is 6.55. The van der Waals surface area contributed by atoms with Crippen LogP contribution in [0.5, 0.6) is 5.75 Å². The molecular formula is C17H18ClF3N2O3. The third-order valence-electron chi connectivity index (χ3n) is 3.61. The Morgan fingerprint density at radius 1 is 1.38 bits per heavy atom. The van der Waals surface area contributed by atoms with Gasteiger partial charge in [-0.25, -0.2) is 0 Å². The van der Waals surface area contributed by atoms with Crippen LogP contribution < -0.4 is 10.5 Å². The molecule has 0 aromatic heterocycles. The van der Waals surface area contributed by atoms with Gasteiger partial charge < -0.3 is 20.1 Å². The number of ether oxygens (including phenoxy) is 2. The lowest BCUT2D eigenvalue weighted by atomic mass is 10.1. The molecule has 1 aliphatic heterocycles. The molecule has 0 radical (unpaired) electrons. The van der Waals surface area contributed by atoms with E-state index in [1.807, 2.05) is 0 Å². The Morgan fingerprint density at radius 3 is 2.73 bits per heavy atom. The second-order valence-electron chi connectivity index (χ2n) is 5.60. The van der Waals surface area contributed by atoms with Crippen LogP contribution >= 0.6 is 11.6 Å². The standard InChI is InChI=1S/C17H18ClF3N2O3/c1-11-3-2-6-23(10-25-16(24)9-22)14(7-11)12-4-5-15(13(18)8-12)26-17(19,20)21/h4-5,7-8H,1-3,6,9-10,22H2. The number of nitrogens with zero attached hydrogens (tertiary/aromatic N) is 1. The number of carbonyl (C=O) groups is 1. The van der Waals surface area contributed by atoms with Gasteiger partial charge in [-0.05, 0) is 42.7 Å². The van der Waals surface area contributed by atoms with Crippen LogP contribution in [-0.2, 0) is 9.53 Å². The van der Waals surface area contributed by atoms with Crippen LogP contribution in [-0.4, -0.2) is 37.1 Å². The molecule has 0 saturated carbocycles. The Bertz CT molecular complexity index is 720. The summed E-state index contributed by atoms with van der Waals surface area (Å²) in [4.78, 5) is 13.1. The van der Waals surface area contributed by atoms with E-state index in [1.165, 1.54) is 12.1 Å². The molecule has 142 valence electrons. The van der Waals surface area contributed by atoms with Crippen LogP contribution in [0.3, 0.4) is 0 Å². The van der Waals surface area contributed by atoms with Crippen LogP contribution in [0.25, 0.3) is 5.70 Å². The smallest absolute Gasteiger partial charge is 0.443 e. The molecule has 5 nitrogen and oxygen atoms in total. The molecule has 0 fully saturated rings. The lowest BCUT2D eigenvalue weighted by Crippen LogP contribution is -2.29. The quantitative estimate of drug-likeness (QED) is 0.777. The van der Waals surface area contributed by atoms with E-state index >= 15 is 0 Å². The summed E-state index contributed by atoms with van der Waals surface area (Å²) >= 11 is 5.93. The van der Waals surface area contributed by atoms with Crippen molar-refractivity contribution in [2.75, 3.05) is 19.8 Å². The molecule has 0 saturated heterocycles. The highest BCUT2D eigenvalue weighted by atomic mass is 35.5. The summed E-state index contributed by atoms with van der Waals surface area (Å²) in [6.07, 6.45) is -1.52. The molecule has 9 heteroatoms. The second kappa shape index (κ2) is 8.46. The van der Waals surface area contributed by atoms with Crippen LogP contribution in [0.15, 0.2) is 36.4 Å². The lowest BCUT2D eigenvalue weighted by Gasteiger charge is -2.26. The predicted octanol–water partition coefficient (Wildman–Crippen LogP) is 3.69. The number of allylic oxidation sites excluding steroid dienone is 2. The number of alkyl halides is 3. The average Bonchev–Trinajstić information content (AvgIpc) is 2.74. The maximum absolute atomic E-state index is 12.4. The molecule has 1 heterocycles. The predicted molar refractivity (Wildman–Crippen MR) is 91.2 cm³/mol. The van der Waals surface area contributed by atoms with Crippen LogP contribution in [0.4, 0.5) is 13.2 Å². The molecule has 1 aromatic carbocycles. The molecule has 2 N–H and O–H groups in total. The number of esters is 1. The van der Waals surface area contributed by atoms with Crippen molar-refractivity contribution in [3.05, 3.63) is 47.0 Å². The zero-order valence-corrected chi connectivity index (χ0v) is 14.6. The van der Waals surface area contributed by atoms with Gasteiger partial charge in [-0.1, -0.05) is 23.8 Å². The summed E-state index contributed by atoms with van der Waals surface area (Å²) in [5.41, 5.74) is 7.26. The van der Waals surface area contributed by atoms with Crippen molar-refractivity contribution in [2.45, 2.75) is 19.2 Å². The van der Waals surface area contributed by atoms with Crippen LogP contribution in [0.2, 0.25) is 5.02 Å². The normalized spacial score (nSPS) is 15.3. The molecular weight excluding hydrogens is 373 g/mol. The number of rotatable bonds is 5. The highest BCUT2D eigenvalue weighted by molar-refractivity contribution is 6.32. The Labute approximate surface area is 153 Å². The van der Waals surface area contributed by atoms with E-state index in [9.17, 15) is 18.0 Å². The molecule has 0 amide bonds. The Hall–Kier alpha value is -2.19. The summed E-state index contributed by atoms with van der Waals surface area (Å²) in [5.74, 6) is -1.04. The number of hydrogen-bond donors (Lipinski definition) is 1. The van der Waals surface area contributed by atoms with Crippen molar-refractivity contribution in [3.63, 3.8) is 0 Å². The van der Waals surface area contributed by atoms with Crippen LogP contribution in [0, 0.1) is 0 Å². The number of carbonyl (C=O) groups excluding carboxylic acids is 1. The molecule has 0 atom stereocenters. The first kappa shape index (κ1) is 20.1. The van der Waals surface area contributed by atoms with Gasteiger partial charge in [0.25, 0.3) is 0 Å². The fourth-order valence-electron chi connectivity index (χ4n) is 2.45. The average molecular weight is 391 g/mol. The van der Waals surface area contributed by atoms with E-state index in [4.69, 9.17) is 22.1 Å². The summed E-state index contributed by atoms with van der Waals surface area (Å²) in [6.45, 7) is 4.24. The molecule has 2 rings (SSSR count). The summed E-state index contributed by atoms with van der Waals surface area (Å²) in [7, 11) is 0. The molecule has 0 bridgehead atoms. The van der Waals surface area contributed by atoms with Crippen molar-refractivity contribution in [1.29, 1.82) is 0 Å². The van der Waals surface area contributed by atoms with E-state index in [1.54, 1.807) is 11.0 Å². The highest BCUT2D eigenvalue weighted by Gasteiger charge is 2.32. The zero-order chi connectivity index (χ0) is 19.3.